The molecule has 2 amide bonds. The van der Waals surface area contributed by atoms with Gasteiger partial charge in [-0.25, -0.2) is 4.79 Å². The smallest absolute Gasteiger partial charge is 0.326 e. The summed E-state index contributed by atoms with van der Waals surface area (Å²) in [6.07, 6.45) is 1.87. The van der Waals surface area contributed by atoms with E-state index in [4.69, 9.17) is 22.2 Å². The van der Waals surface area contributed by atoms with E-state index in [-0.39, 0.29) is 18.4 Å². The molecule has 8 heteroatoms. The lowest BCUT2D eigenvalue weighted by Crippen LogP contribution is -2.39. The zero-order valence-electron chi connectivity index (χ0n) is 12.0. The molecule has 4 N–H and O–H groups in total. The van der Waals surface area contributed by atoms with Gasteiger partial charge in [0.25, 0.3) is 0 Å². The minimum Gasteiger partial charge on any atom is -0.393 e. The number of rotatable bonds is 5. The highest BCUT2D eigenvalue weighted by Gasteiger charge is 2.08. The minimum atomic E-state index is -0.526. The molecule has 1 aromatic rings. The van der Waals surface area contributed by atoms with Crippen LogP contribution in [0, 0.1) is 6.92 Å². The van der Waals surface area contributed by atoms with Crippen molar-refractivity contribution >= 4 is 41.7 Å². The molecule has 0 aliphatic carbocycles. The molecule has 6 nitrogen and oxygen atoms in total. The van der Waals surface area contributed by atoms with E-state index in [0.717, 1.165) is 18.4 Å². The highest BCUT2D eigenvalue weighted by Crippen LogP contribution is 2.24. The quantitative estimate of drug-likeness (QED) is 0.334. The van der Waals surface area contributed by atoms with Gasteiger partial charge in [0.05, 0.1) is 10.7 Å². The Balaban J connectivity index is 0.00000400. The van der Waals surface area contributed by atoms with Crippen LogP contribution in [0.25, 0.3) is 0 Å². The number of para-hydroxylation sites is 1. The highest BCUT2D eigenvalue weighted by atomic mass is 35.5. The summed E-state index contributed by atoms with van der Waals surface area (Å²) in [6, 6.07) is 4.81. The van der Waals surface area contributed by atoms with Crippen LogP contribution in [-0.4, -0.2) is 18.6 Å². The monoisotopic (exact) mass is 334 g/mol. The molecule has 0 radical (unpaired) electrons. The molecule has 0 bridgehead atoms. The van der Waals surface area contributed by atoms with Gasteiger partial charge in [-0.3, -0.25) is 5.32 Å². The van der Waals surface area contributed by atoms with Crippen LogP contribution in [-0.2, 0) is 4.84 Å². The maximum Gasteiger partial charge on any atom is 0.326 e. The molecule has 0 spiro atoms. The molecule has 0 atom stereocenters. The first kappa shape index (κ1) is 19.3. The topological polar surface area (TPSA) is 88.7 Å². The standard InChI is InChI=1S/C13H19ClN4O2.ClH/c1-3-4-8-20-18-12(15)17-13(19)16-11-9(2)6-5-7-10(11)14;/h5-7H,3-4,8H2,1-2H3,(H4,15,16,17,18,19);1H. The second-order valence-electron chi connectivity index (χ2n) is 4.17. The number of nitrogens with two attached hydrogens (primary N) is 1. The summed E-state index contributed by atoms with van der Waals surface area (Å²) in [4.78, 5) is 16.6. The average Bonchev–Trinajstić information content (AvgIpc) is 2.39. The van der Waals surface area contributed by atoms with Crippen LogP contribution in [0.15, 0.2) is 23.4 Å². The molecular formula is C13H20Cl2N4O2. The van der Waals surface area contributed by atoms with Gasteiger partial charge < -0.3 is 15.9 Å². The summed E-state index contributed by atoms with van der Waals surface area (Å²) in [6.45, 7) is 4.34. The van der Waals surface area contributed by atoms with E-state index < -0.39 is 6.03 Å². The number of unbranched alkanes of at least 4 members (excludes halogenated alkanes) is 1. The molecule has 0 heterocycles. The third-order valence-corrected chi connectivity index (χ3v) is 2.77. The van der Waals surface area contributed by atoms with Gasteiger partial charge in [0.2, 0.25) is 5.96 Å². The molecule has 0 unspecified atom stereocenters. The SMILES string of the molecule is CCCCO/N=C(\N)NC(=O)Nc1c(C)cccc1Cl.Cl. The van der Waals surface area contributed by atoms with Gasteiger partial charge >= 0.3 is 6.03 Å². The normalized spacial score (nSPS) is 10.5. The molecule has 21 heavy (non-hydrogen) atoms. The fourth-order valence-corrected chi connectivity index (χ4v) is 1.67. The van der Waals surface area contributed by atoms with E-state index in [2.05, 4.69) is 15.8 Å². The van der Waals surface area contributed by atoms with Crippen LogP contribution in [0.5, 0.6) is 0 Å². The number of nitrogens with one attached hydrogen (secondary N) is 2. The number of halogens is 2. The van der Waals surface area contributed by atoms with Crippen molar-refractivity contribution < 1.29 is 9.63 Å². The van der Waals surface area contributed by atoms with Crippen molar-refractivity contribution in [3.63, 3.8) is 0 Å². The molecule has 118 valence electrons. The fourth-order valence-electron chi connectivity index (χ4n) is 1.40. The van der Waals surface area contributed by atoms with Crippen molar-refractivity contribution in [2.45, 2.75) is 26.7 Å². The number of hydrogen-bond acceptors (Lipinski definition) is 3. The van der Waals surface area contributed by atoms with Crippen LogP contribution in [0.3, 0.4) is 0 Å². The second kappa shape index (κ2) is 10.1. The third kappa shape index (κ3) is 7.06. The Bertz CT molecular complexity index is 475. The largest absolute Gasteiger partial charge is 0.393 e. The van der Waals surface area contributed by atoms with E-state index >= 15 is 0 Å². The number of carbonyl (C=O) groups excluding carboxylic acids is 1. The van der Waals surface area contributed by atoms with Gasteiger partial charge in [-0.2, -0.15) is 0 Å². The van der Waals surface area contributed by atoms with Crippen molar-refractivity contribution in [2.24, 2.45) is 10.9 Å². The molecule has 0 fully saturated rings. The number of nitrogens with zero attached hydrogens (tertiary/aromatic N) is 1. The Morgan fingerprint density at radius 2 is 2.19 bits per heavy atom. The number of carbonyl (C=O) groups is 1. The first-order chi connectivity index (χ1) is 9.54. The summed E-state index contributed by atoms with van der Waals surface area (Å²) >= 11 is 6.00. The Hall–Kier alpha value is -1.66. The van der Waals surface area contributed by atoms with Crippen LogP contribution in [0.1, 0.15) is 25.3 Å². The number of anilines is 1. The van der Waals surface area contributed by atoms with Crippen LogP contribution < -0.4 is 16.4 Å². The predicted octanol–water partition coefficient (Wildman–Crippen LogP) is 3.24. The number of benzene rings is 1. The average molecular weight is 335 g/mol. The molecule has 1 aromatic carbocycles. The summed E-state index contributed by atoms with van der Waals surface area (Å²) in [5.74, 6) is -0.108. The molecular weight excluding hydrogens is 315 g/mol. The fraction of sp³-hybridized carbons (Fsp3) is 0.385. The summed E-state index contributed by atoms with van der Waals surface area (Å²) < 4.78 is 0. The lowest BCUT2D eigenvalue weighted by molar-refractivity contribution is 0.140. The number of amides is 2. The van der Waals surface area contributed by atoms with Crippen molar-refractivity contribution in [3.8, 4) is 0 Å². The Morgan fingerprint density at radius 1 is 1.48 bits per heavy atom. The molecule has 0 aliphatic rings. The first-order valence-corrected chi connectivity index (χ1v) is 6.71. The number of oxime groups is 1. The summed E-state index contributed by atoms with van der Waals surface area (Å²) in [7, 11) is 0. The molecule has 0 aliphatic heterocycles. The van der Waals surface area contributed by atoms with Gasteiger partial charge in [0.15, 0.2) is 0 Å². The summed E-state index contributed by atoms with van der Waals surface area (Å²) in [5.41, 5.74) is 6.89. The van der Waals surface area contributed by atoms with Gasteiger partial charge in [-0.1, -0.05) is 37.1 Å². The van der Waals surface area contributed by atoms with Crippen LogP contribution in [0.4, 0.5) is 10.5 Å². The second-order valence-corrected chi connectivity index (χ2v) is 4.58. The van der Waals surface area contributed by atoms with Gasteiger partial charge in [-0.15, -0.1) is 12.4 Å². The lowest BCUT2D eigenvalue weighted by atomic mass is 10.2. The van der Waals surface area contributed by atoms with Gasteiger partial charge in [0.1, 0.15) is 6.61 Å². The van der Waals surface area contributed by atoms with E-state index in [0.29, 0.717) is 17.3 Å². The van der Waals surface area contributed by atoms with Gasteiger partial charge in [-0.05, 0) is 30.1 Å². The number of guanidine groups is 1. The van der Waals surface area contributed by atoms with E-state index in [1.165, 1.54) is 0 Å². The minimum absolute atomic E-state index is 0. The van der Waals surface area contributed by atoms with E-state index in [1.807, 2.05) is 19.9 Å². The number of urea groups is 1. The molecule has 0 aromatic heterocycles. The molecule has 1 rings (SSSR count). The van der Waals surface area contributed by atoms with E-state index in [9.17, 15) is 4.79 Å². The third-order valence-electron chi connectivity index (χ3n) is 2.45. The highest BCUT2D eigenvalue weighted by molar-refractivity contribution is 6.34. The first-order valence-electron chi connectivity index (χ1n) is 6.33. The van der Waals surface area contributed by atoms with Gasteiger partial charge in [0, 0.05) is 0 Å². The van der Waals surface area contributed by atoms with Crippen molar-refractivity contribution in [3.05, 3.63) is 28.8 Å². The van der Waals surface area contributed by atoms with Crippen LogP contribution >= 0.6 is 24.0 Å². The van der Waals surface area contributed by atoms with Crippen molar-refractivity contribution in [1.29, 1.82) is 0 Å². The predicted molar refractivity (Wildman–Crippen MR) is 88.1 cm³/mol. The molecule has 0 saturated heterocycles. The zero-order chi connectivity index (χ0) is 15.0. The maximum absolute atomic E-state index is 11.7. The zero-order valence-corrected chi connectivity index (χ0v) is 13.6. The van der Waals surface area contributed by atoms with Crippen molar-refractivity contribution in [2.75, 3.05) is 11.9 Å². The van der Waals surface area contributed by atoms with E-state index in [1.54, 1.807) is 12.1 Å². The molecule has 0 saturated carbocycles. The summed E-state index contributed by atoms with van der Waals surface area (Å²) in [5, 5.41) is 9.00. The number of aryl methyl sites for hydroxylation is 1. The maximum atomic E-state index is 11.7. The van der Waals surface area contributed by atoms with Crippen LogP contribution in [0.2, 0.25) is 5.02 Å². The van der Waals surface area contributed by atoms with Crippen molar-refractivity contribution in [1.82, 2.24) is 5.32 Å². The Kier molecular flexibility index (Phi) is 9.32. The Labute approximate surface area is 135 Å². The lowest BCUT2D eigenvalue weighted by Gasteiger charge is -2.10. The Morgan fingerprint density at radius 3 is 2.81 bits per heavy atom. The number of hydrogen-bond donors (Lipinski definition) is 3.